The first-order valence-electron chi connectivity index (χ1n) is 13.6. The maximum atomic E-state index is 12.3. The molecule has 0 bridgehead atoms. The number of hydrogen-bond donors (Lipinski definition) is 4. The fraction of sp³-hybridized carbons (Fsp3) is 0.281. The van der Waals surface area contributed by atoms with Gasteiger partial charge in [0.1, 0.15) is 5.76 Å². The van der Waals surface area contributed by atoms with Crippen LogP contribution in [-0.2, 0) is 16.0 Å². The van der Waals surface area contributed by atoms with E-state index in [2.05, 4.69) is 15.6 Å². The number of primary amides is 1. The summed E-state index contributed by atoms with van der Waals surface area (Å²) in [5, 5.41) is 15.1. The van der Waals surface area contributed by atoms with Gasteiger partial charge in [-0.3, -0.25) is 19.2 Å². The van der Waals surface area contributed by atoms with Gasteiger partial charge < -0.3 is 30.6 Å². The van der Waals surface area contributed by atoms with Crippen molar-refractivity contribution in [2.75, 3.05) is 7.11 Å². The van der Waals surface area contributed by atoms with E-state index >= 15 is 0 Å². The molecule has 1 aromatic carbocycles. The molecule has 0 radical (unpaired) electrons. The maximum absolute atomic E-state index is 12.3. The van der Waals surface area contributed by atoms with Crippen LogP contribution in [0.3, 0.4) is 0 Å². The van der Waals surface area contributed by atoms with Crippen LogP contribution in [-0.4, -0.2) is 40.7 Å². The second-order valence-corrected chi connectivity index (χ2v) is 9.54. The number of methoxy groups -OCH3 is 1. The molecule has 0 atom stereocenters. The lowest BCUT2D eigenvalue weighted by molar-refractivity contribution is -0.120. The van der Waals surface area contributed by atoms with Gasteiger partial charge in [0.25, 0.3) is 5.91 Å². The molecule has 11 nitrogen and oxygen atoms in total. The van der Waals surface area contributed by atoms with Crippen LogP contribution in [0.25, 0.3) is 0 Å². The minimum atomic E-state index is -0.635. The molecule has 0 spiro atoms. The number of aryl methyl sites for hydroxylation is 1. The monoisotopic (exact) mass is 590 g/mol. The largest absolute Gasteiger partial charge is 0.504 e. The van der Waals surface area contributed by atoms with Crippen LogP contribution in [0.5, 0.6) is 11.5 Å². The van der Waals surface area contributed by atoms with Gasteiger partial charge in [-0.1, -0.05) is 29.9 Å². The van der Waals surface area contributed by atoms with Gasteiger partial charge in [-0.25, -0.2) is 4.98 Å². The van der Waals surface area contributed by atoms with E-state index in [0.717, 1.165) is 11.1 Å². The standard InChI is InChI=1S/C32H38N4O7/c1-21(16-18-35-29(40)11-7-9-25(37)24-13-14-27(42-4)26(38)20-24)8-5-6-10-28(39)34-19-17-22(2)12-15-30-36-31(32(33)41)23(3)43-30/h5-6,8,12-14,16-20,38H,7,9-11,15H2,1-4H3,(H2,33,41)(H,34,39)(H,35,40). The number of benzene rings is 1. The van der Waals surface area contributed by atoms with E-state index in [1.54, 1.807) is 49.6 Å². The van der Waals surface area contributed by atoms with Crippen LogP contribution in [0.15, 0.2) is 82.6 Å². The lowest BCUT2D eigenvalue weighted by atomic mass is 10.0. The number of nitrogens with two attached hydrogens (primary N) is 1. The predicted molar refractivity (Wildman–Crippen MR) is 162 cm³/mol. The Hall–Kier alpha value is -5.19. The van der Waals surface area contributed by atoms with Crippen molar-refractivity contribution in [3.63, 3.8) is 0 Å². The van der Waals surface area contributed by atoms with Gasteiger partial charge in [0.2, 0.25) is 11.8 Å². The number of aromatic nitrogens is 1. The fourth-order valence-corrected chi connectivity index (χ4v) is 3.61. The number of rotatable bonds is 16. The van der Waals surface area contributed by atoms with Crippen molar-refractivity contribution in [2.24, 2.45) is 5.73 Å². The second kappa shape index (κ2) is 17.6. The third kappa shape index (κ3) is 12.5. The molecule has 1 heterocycles. The Morgan fingerprint density at radius 3 is 2.40 bits per heavy atom. The number of hydrogen-bond acceptors (Lipinski definition) is 8. The highest BCUT2D eigenvalue weighted by Gasteiger charge is 2.13. The van der Waals surface area contributed by atoms with Gasteiger partial charge in [0.15, 0.2) is 28.9 Å². The number of oxazole rings is 1. The van der Waals surface area contributed by atoms with Crippen molar-refractivity contribution in [3.05, 3.63) is 101 Å². The minimum absolute atomic E-state index is 0.107. The molecule has 5 N–H and O–H groups in total. The van der Waals surface area contributed by atoms with Crippen LogP contribution in [0.4, 0.5) is 0 Å². The summed E-state index contributed by atoms with van der Waals surface area (Å²) < 4.78 is 10.4. The zero-order valence-electron chi connectivity index (χ0n) is 24.8. The third-order valence-corrected chi connectivity index (χ3v) is 5.96. The summed E-state index contributed by atoms with van der Waals surface area (Å²) in [6.07, 6.45) is 14.9. The first-order chi connectivity index (χ1) is 20.5. The van der Waals surface area contributed by atoms with E-state index in [-0.39, 0.29) is 54.1 Å². The van der Waals surface area contributed by atoms with E-state index < -0.39 is 5.91 Å². The average Bonchev–Trinajstić information content (AvgIpc) is 3.34. The molecule has 0 aliphatic carbocycles. The van der Waals surface area contributed by atoms with Crippen molar-refractivity contribution in [3.8, 4) is 11.5 Å². The van der Waals surface area contributed by atoms with E-state index in [1.807, 2.05) is 19.9 Å². The normalized spacial score (nSPS) is 12.3. The molecule has 0 fully saturated rings. The van der Waals surface area contributed by atoms with Crippen LogP contribution >= 0.6 is 0 Å². The molecule has 2 rings (SSSR count). The highest BCUT2D eigenvalue weighted by Crippen LogP contribution is 2.26. The van der Waals surface area contributed by atoms with Gasteiger partial charge >= 0.3 is 0 Å². The molecule has 0 saturated carbocycles. The summed E-state index contributed by atoms with van der Waals surface area (Å²) in [7, 11) is 1.43. The Morgan fingerprint density at radius 2 is 1.74 bits per heavy atom. The zero-order valence-corrected chi connectivity index (χ0v) is 24.8. The van der Waals surface area contributed by atoms with E-state index in [0.29, 0.717) is 30.1 Å². The number of phenolic OH excluding ortho intramolecular Hbond substituents is 1. The number of ketones is 1. The molecule has 3 amide bonds. The van der Waals surface area contributed by atoms with Crippen LogP contribution in [0.2, 0.25) is 0 Å². The van der Waals surface area contributed by atoms with Crippen LogP contribution in [0, 0.1) is 6.92 Å². The number of nitrogens with one attached hydrogen (secondary N) is 2. The Labute approximate surface area is 250 Å². The van der Waals surface area contributed by atoms with Gasteiger partial charge in [-0.05, 0) is 63.1 Å². The summed E-state index contributed by atoms with van der Waals surface area (Å²) >= 11 is 0. The van der Waals surface area contributed by atoms with Crippen molar-refractivity contribution >= 4 is 23.5 Å². The fourth-order valence-electron chi connectivity index (χ4n) is 3.61. The van der Waals surface area contributed by atoms with Crippen LogP contribution in [0.1, 0.15) is 72.0 Å². The van der Waals surface area contributed by atoms with Gasteiger partial charge in [-0.2, -0.15) is 0 Å². The second-order valence-electron chi connectivity index (χ2n) is 9.54. The average molecular weight is 591 g/mol. The third-order valence-electron chi connectivity index (χ3n) is 5.96. The molecule has 0 saturated heterocycles. The smallest absolute Gasteiger partial charge is 0.270 e. The number of ether oxygens (including phenoxy) is 1. The van der Waals surface area contributed by atoms with E-state index in [1.165, 1.54) is 25.4 Å². The Balaban J connectivity index is 1.65. The highest BCUT2D eigenvalue weighted by atomic mass is 16.5. The number of carbonyl (C=O) groups is 4. The molecule has 0 unspecified atom stereocenters. The Morgan fingerprint density at radius 1 is 1.05 bits per heavy atom. The Kier molecular flexibility index (Phi) is 13.9. The van der Waals surface area contributed by atoms with Gasteiger partial charge in [0, 0.05) is 43.6 Å². The maximum Gasteiger partial charge on any atom is 0.270 e. The lowest BCUT2D eigenvalue weighted by Gasteiger charge is -2.05. The molecule has 2 aromatic rings. The van der Waals surface area contributed by atoms with E-state index in [9.17, 15) is 24.3 Å². The number of Topliss-reactive ketones (excluding diaryl/α,β-unsaturated/α-hetero) is 1. The number of allylic oxidation sites excluding steroid dienone is 7. The topological polar surface area (TPSA) is 174 Å². The van der Waals surface area contributed by atoms with Crippen LogP contribution < -0.4 is 21.1 Å². The van der Waals surface area contributed by atoms with Crippen molar-refractivity contribution in [1.29, 1.82) is 0 Å². The molecule has 0 aliphatic heterocycles. The molecule has 0 aliphatic rings. The first-order valence-corrected chi connectivity index (χ1v) is 13.6. The molecule has 228 valence electrons. The number of nitrogens with zero attached hydrogens (tertiary/aromatic N) is 1. The molecule has 1 aromatic heterocycles. The lowest BCUT2D eigenvalue weighted by Crippen LogP contribution is -2.16. The van der Waals surface area contributed by atoms with Gasteiger partial charge in [-0.15, -0.1) is 0 Å². The number of phenols is 1. The zero-order chi connectivity index (χ0) is 31.8. The Bertz CT molecular complexity index is 1460. The first kappa shape index (κ1) is 34.0. The number of carbonyl (C=O) groups excluding carboxylic acids is 4. The summed E-state index contributed by atoms with van der Waals surface area (Å²) in [5.74, 6) is -0.267. The molecule has 11 heteroatoms. The molecular weight excluding hydrogens is 552 g/mol. The van der Waals surface area contributed by atoms with Crippen molar-refractivity contribution < 1.29 is 33.4 Å². The quantitative estimate of drug-likeness (QED) is 0.163. The summed E-state index contributed by atoms with van der Waals surface area (Å²) in [6, 6.07) is 4.45. The van der Waals surface area contributed by atoms with Crippen molar-refractivity contribution in [2.45, 2.75) is 52.9 Å². The summed E-state index contributed by atoms with van der Waals surface area (Å²) in [6.45, 7) is 5.33. The molecule has 43 heavy (non-hydrogen) atoms. The van der Waals surface area contributed by atoms with E-state index in [4.69, 9.17) is 14.9 Å². The minimum Gasteiger partial charge on any atom is -0.504 e. The molecular formula is C32H38N4O7. The summed E-state index contributed by atoms with van der Waals surface area (Å²) in [4.78, 5) is 51.7. The SMILES string of the molecule is COc1ccc(C(=O)CCCC(=O)NC=CC(C)=CC=CCC(=O)NC=CC(C)=CCc2nc(C(N)=O)c(C)o2)cc1O. The number of amides is 3. The highest BCUT2D eigenvalue weighted by molar-refractivity contribution is 5.97. The van der Waals surface area contributed by atoms with Crippen molar-refractivity contribution in [1.82, 2.24) is 15.6 Å². The summed E-state index contributed by atoms with van der Waals surface area (Å²) in [5.41, 5.74) is 7.45. The van der Waals surface area contributed by atoms with Gasteiger partial charge in [0.05, 0.1) is 7.11 Å². The number of aromatic hydroxyl groups is 1. The predicted octanol–water partition coefficient (Wildman–Crippen LogP) is 4.49.